The molecule has 1 aliphatic heterocycles. The molecule has 0 unspecified atom stereocenters. The Labute approximate surface area is 170 Å². The van der Waals surface area contributed by atoms with Crippen molar-refractivity contribution in [3.63, 3.8) is 0 Å². The molecule has 2 heterocycles. The number of benzene rings is 1. The van der Waals surface area contributed by atoms with Crippen molar-refractivity contribution in [2.24, 2.45) is 0 Å². The van der Waals surface area contributed by atoms with Gasteiger partial charge in [-0.15, -0.1) is 23.1 Å². The third-order valence-electron chi connectivity index (χ3n) is 4.09. The Hall–Kier alpha value is -3.02. The fraction of sp³-hybridized carbons (Fsp3) is 0.150. The molecular formula is C20H16N3O3S2-. The number of aliphatic carboxylic acids is 1. The van der Waals surface area contributed by atoms with Crippen molar-refractivity contribution in [2.45, 2.75) is 12.8 Å². The number of anilines is 1. The number of thiophene rings is 1. The molecule has 142 valence electrons. The summed E-state index contributed by atoms with van der Waals surface area (Å²) in [6, 6.07) is 14.9. The Bertz CT molecular complexity index is 989. The monoisotopic (exact) mass is 410 g/mol. The van der Waals surface area contributed by atoms with Gasteiger partial charge in [-0.1, -0.05) is 24.3 Å². The van der Waals surface area contributed by atoms with Gasteiger partial charge in [-0.2, -0.15) is 5.26 Å². The highest BCUT2D eigenvalue weighted by molar-refractivity contribution is 8.03. The van der Waals surface area contributed by atoms with E-state index >= 15 is 0 Å². The van der Waals surface area contributed by atoms with Crippen LogP contribution in [0.2, 0.25) is 0 Å². The first-order chi connectivity index (χ1) is 13.5. The molecule has 28 heavy (non-hydrogen) atoms. The van der Waals surface area contributed by atoms with Crippen molar-refractivity contribution in [1.29, 1.82) is 5.26 Å². The number of hydrogen-bond acceptors (Lipinski definition) is 7. The highest BCUT2D eigenvalue weighted by atomic mass is 32.2. The SMILES string of the molecule is CC1=C(C(=O)Nc2ccccc2)[C@H](c2cccs2)C(C#N)=C(SCC(=O)[O-])N1. The summed E-state index contributed by atoms with van der Waals surface area (Å²) in [5, 5.41) is 28.9. The second-order valence-corrected chi connectivity index (χ2v) is 7.91. The van der Waals surface area contributed by atoms with E-state index in [0.717, 1.165) is 16.6 Å². The molecule has 3 rings (SSSR count). The van der Waals surface area contributed by atoms with Crippen LogP contribution in [0.1, 0.15) is 17.7 Å². The van der Waals surface area contributed by atoms with Crippen LogP contribution in [0.25, 0.3) is 0 Å². The third kappa shape index (κ3) is 4.27. The molecule has 2 N–H and O–H groups in total. The number of nitriles is 1. The number of dihydropyridines is 1. The van der Waals surface area contributed by atoms with E-state index in [1.165, 1.54) is 11.3 Å². The molecule has 2 aromatic rings. The molecule has 0 aliphatic carbocycles. The lowest BCUT2D eigenvalue weighted by atomic mass is 9.86. The minimum atomic E-state index is -1.22. The Morgan fingerprint density at radius 2 is 2.04 bits per heavy atom. The lowest BCUT2D eigenvalue weighted by Gasteiger charge is -2.29. The van der Waals surface area contributed by atoms with Crippen LogP contribution in [-0.4, -0.2) is 17.6 Å². The maximum Gasteiger partial charge on any atom is 0.254 e. The number of carbonyl (C=O) groups is 2. The van der Waals surface area contributed by atoms with Crippen molar-refractivity contribution in [1.82, 2.24) is 5.32 Å². The van der Waals surface area contributed by atoms with Crippen LogP contribution >= 0.6 is 23.1 Å². The number of carbonyl (C=O) groups excluding carboxylic acids is 2. The fourth-order valence-corrected chi connectivity index (χ4v) is 4.57. The van der Waals surface area contributed by atoms with Crippen molar-refractivity contribution in [3.05, 3.63) is 74.6 Å². The number of nitrogens with zero attached hydrogens (tertiary/aromatic N) is 1. The van der Waals surface area contributed by atoms with E-state index in [-0.39, 0.29) is 11.7 Å². The summed E-state index contributed by atoms with van der Waals surface area (Å²) in [7, 11) is 0. The van der Waals surface area contributed by atoms with Crippen LogP contribution in [0.5, 0.6) is 0 Å². The number of carboxylic acid groups (broad SMARTS) is 1. The minimum absolute atomic E-state index is 0.288. The average Bonchev–Trinajstić information content (AvgIpc) is 3.20. The van der Waals surface area contributed by atoms with E-state index in [2.05, 4.69) is 16.7 Å². The van der Waals surface area contributed by atoms with Crippen molar-refractivity contribution < 1.29 is 14.7 Å². The van der Waals surface area contributed by atoms with Gasteiger partial charge >= 0.3 is 0 Å². The van der Waals surface area contributed by atoms with Crippen LogP contribution in [0.3, 0.4) is 0 Å². The maximum absolute atomic E-state index is 13.1. The molecule has 1 amide bonds. The van der Waals surface area contributed by atoms with Gasteiger partial charge < -0.3 is 20.5 Å². The van der Waals surface area contributed by atoms with Crippen LogP contribution < -0.4 is 15.7 Å². The van der Waals surface area contributed by atoms with Gasteiger partial charge in [0.15, 0.2) is 0 Å². The van der Waals surface area contributed by atoms with Crippen LogP contribution in [0.15, 0.2) is 69.7 Å². The lowest BCUT2D eigenvalue weighted by molar-refractivity contribution is -0.301. The second kappa shape index (κ2) is 8.78. The zero-order valence-electron chi connectivity index (χ0n) is 14.9. The highest BCUT2D eigenvalue weighted by Crippen LogP contribution is 2.42. The number of nitrogens with one attached hydrogen (secondary N) is 2. The van der Waals surface area contributed by atoms with Gasteiger partial charge in [0.25, 0.3) is 5.91 Å². The maximum atomic E-state index is 13.1. The summed E-state index contributed by atoms with van der Waals surface area (Å²) >= 11 is 2.42. The summed E-state index contributed by atoms with van der Waals surface area (Å²) in [6.45, 7) is 1.74. The first-order valence-electron chi connectivity index (χ1n) is 8.35. The van der Waals surface area contributed by atoms with E-state index in [0.29, 0.717) is 27.6 Å². The zero-order chi connectivity index (χ0) is 20.1. The van der Waals surface area contributed by atoms with Crippen molar-refractivity contribution in [2.75, 3.05) is 11.1 Å². The average molecular weight is 411 g/mol. The molecule has 6 nitrogen and oxygen atoms in total. The number of carboxylic acids is 1. The molecular weight excluding hydrogens is 394 g/mol. The standard InChI is InChI=1S/C20H17N3O3S2/c1-12-17(19(26)23-13-6-3-2-4-7-13)18(15-8-5-9-27-15)14(10-21)20(22-12)28-11-16(24)25/h2-9,18,22H,11H2,1H3,(H,23,26)(H,24,25)/p-1/t18-/m0/s1. The molecule has 0 saturated heterocycles. The molecule has 0 spiro atoms. The van der Waals surface area contributed by atoms with E-state index in [9.17, 15) is 20.0 Å². The van der Waals surface area contributed by atoms with E-state index < -0.39 is 11.9 Å². The van der Waals surface area contributed by atoms with Crippen LogP contribution in [0.4, 0.5) is 5.69 Å². The number of rotatable bonds is 6. The molecule has 1 aromatic heterocycles. The highest BCUT2D eigenvalue weighted by Gasteiger charge is 2.35. The third-order valence-corrected chi connectivity index (χ3v) is 6.01. The van der Waals surface area contributed by atoms with E-state index in [4.69, 9.17) is 0 Å². The first kappa shape index (κ1) is 19.7. The number of hydrogen-bond donors (Lipinski definition) is 2. The minimum Gasteiger partial charge on any atom is -0.549 e. The Morgan fingerprint density at radius 1 is 1.29 bits per heavy atom. The Balaban J connectivity index is 2.01. The van der Waals surface area contributed by atoms with Crippen molar-refractivity contribution in [3.8, 4) is 6.07 Å². The predicted molar refractivity (Wildman–Crippen MR) is 108 cm³/mol. The summed E-state index contributed by atoms with van der Waals surface area (Å²) in [6.07, 6.45) is 0. The molecule has 8 heteroatoms. The summed E-state index contributed by atoms with van der Waals surface area (Å²) in [4.78, 5) is 24.8. The zero-order valence-corrected chi connectivity index (χ0v) is 16.5. The number of thioether (sulfide) groups is 1. The quantitative estimate of drug-likeness (QED) is 0.758. The van der Waals surface area contributed by atoms with E-state index in [1.807, 2.05) is 35.7 Å². The predicted octanol–water partition coefficient (Wildman–Crippen LogP) is 2.57. The van der Waals surface area contributed by atoms with Gasteiger partial charge in [-0.3, -0.25) is 4.79 Å². The molecule has 1 aliphatic rings. The number of allylic oxidation sites excluding steroid dienone is 2. The smallest absolute Gasteiger partial charge is 0.254 e. The number of para-hydroxylation sites is 1. The Morgan fingerprint density at radius 3 is 2.64 bits per heavy atom. The van der Waals surface area contributed by atoms with Gasteiger partial charge in [-0.25, -0.2) is 0 Å². The van der Waals surface area contributed by atoms with Gasteiger partial charge in [0.05, 0.1) is 28.6 Å². The molecule has 0 bridgehead atoms. The van der Waals surface area contributed by atoms with E-state index in [1.54, 1.807) is 19.1 Å². The first-order valence-corrected chi connectivity index (χ1v) is 10.2. The summed E-state index contributed by atoms with van der Waals surface area (Å²) in [5.41, 5.74) is 1.97. The van der Waals surface area contributed by atoms with Gasteiger partial charge in [-0.05, 0) is 30.5 Å². The van der Waals surface area contributed by atoms with Gasteiger partial charge in [0.2, 0.25) is 0 Å². The lowest BCUT2D eigenvalue weighted by Crippen LogP contribution is -2.31. The molecule has 1 aromatic carbocycles. The van der Waals surface area contributed by atoms with Gasteiger partial charge in [0.1, 0.15) is 0 Å². The summed E-state index contributed by atoms with van der Waals surface area (Å²) in [5.74, 6) is -2.40. The molecule has 0 radical (unpaired) electrons. The van der Waals surface area contributed by atoms with Crippen LogP contribution in [0, 0.1) is 11.3 Å². The summed E-state index contributed by atoms with van der Waals surface area (Å²) < 4.78 is 0. The second-order valence-electron chi connectivity index (χ2n) is 5.95. The largest absolute Gasteiger partial charge is 0.549 e. The number of amides is 1. The fourth-order valence-electron chi connectivity index (χ4n) is 2.92. The van der Waals surface area contributed by atoms with Gasteiger partial charge in [0, 0.05) is 27.6 Å². The molecule has 1 atom stereocenters. The normalized spacial score (nSPS) is 16.4. The van der Waals surface area contributed by atoms with Crippen molar-refractivity contribution >= 4 is 40.7 Å². The van der Waals surface area contributed by atoms with Crippen LogP contribution in [-0.2, 0) is 9.59 Å². The Kier molecular flexibility index (Phi) is 6.19. The molecule has 0 saturated carbocycles. The topological polar surface area (TPSA) is 105 Å². The molecule has 0 fully saturated rings.